The van der Waals surface area contributed by atoms with Gasteiger partial charge in [-0.1, -0.05) is 19.3 Å². The first kappa shape index (κ1) is 13.0. The highest BCUT2D eigenvalue weighted by Gasteiger charge is 2.26. The van der Waals surface area contributed by atoms with Gasteiger partial charge >= 0.3 is 5.97 Å². The van der Waals surface area contributed by atoms with Crippen LogP contribution < -0.4 is 0 Å². The lowest BCUT2D eigenvalue weighted by Crippen LogP contribution is -2.45. The Morgan fingerprint density at radius 1 is 1.31 bits per heavy atom. The van der Waals surface area contributed by atoms with Crippen molar-refractivity contribution in [2.45, 2.75) is 38.1 Å². The minimum Gasteiger partial charge on any atom is -0.480 e. The van der Waals surface area contributed by atoms with Crippen LogP contribution in [0.2, 0.25) is 0 Å². The summed E-state index contributed by atoms with van der Waals surface area (Å²) < 4.78 is 4.77. The first-order chi connectivity index (χ1) is 7.65. The van der Waals surface area contributed by atoms with Crippen LogP contribution in [0.1, 0.15) is 32.1 Å². The van der Waals surface area contributed by atoms with E-state index in [9.17, 15) is 9.59 Å². The van der Waals surface area contributed by atoms with Gasteiger partial charge in [-0.05, 0) is 12.8 Å². The average Bonchev–Trinajstić information content (AvgIpc) is 2.27. The first-order valence-corrected chi connectivity index (χ1v) is 5.65. The Morgan fingerprint density at radius 3 is 2.44 bits per heavy atom. The van der Waals surface area contributed by atoms with Gasteiger partial charge in [0, 0.05) is 13.2 Å². The Morgan fingerprint density at radius 2 is 1.94 bits per heavy atom. The number of hydrogen-bond acceptors (Lipinski definition) is 3. The molecule has 1 aliphatic carbocycles. The van der Waals surface area contributed by atoms with Gasteiger partial charge in [-0.25, -0.2) is 0 Å². The van der Waals surface area contributed by atoms with Crippen molar-refractivity contribution in [1.29, 1.82) is 0 Å². The van der Waals surface area contributed by atoms with E-state index in [0.29, 0.717) is 0 Å². The summed E-state index contributed by atoms with van der Waals surface area (Å²) >= 11 is 0. The molecule has 1 N–H and O–H groups in total. The van der Waals surface area contributed by atoms with Crippen LogP contribution in [-0.4, -0.2) is 48.2 Å². The molecule has 0 aromatic heterocycles. The van der Waals surface area contributed by atoms with Crippen LogP contribution in [0.15, 0.2) is 0 Å². The number of amides is 1. The molecule has 0 aromatic carbocycles. The van der Waals surface area contributed by atoms with E-state index >= 15 is 0 Å². The Labute approximate surface area is 95.4 Å². The minimum absolute atomic E-state index is 0.0379. The van der Waals surface area contributed by atoms with E-state index in [0.717, 1.165) is 25.7 Å². The van der Waals surface area contributed by atoms with Gasteiger partial charge < -0.3 is 14.7 Å². The van der Waals surface area contributed by atoms with E-state index in [-0.39, 0.29) is 25.1 Å². The molecule has 1 rings (SSSR count). The summed E-state index contributed by atoms with van der Waals surface area (Å²) in [5, 5.41) is 8.80. The van der Waals surface area contributed by atoms with Crippen molar-refractivity contribution in [3.05, 3.63) is 0 Å². The summed E-state index contributed by atoms with van der Waals surface area (Å²) in [6.45, 7) is -0.253. The molecule has 0 heterocycles. The van der Waals surface area contributed by atoms with Gasteiger partial charge in [0.05, 0.1) is 0 Å². The molecule has 0 spiro atoms. The summed E-state index contributed by atoms with van der Waals surface area (Å²) in [7, 11) is 1.44. The zero-order chi connectivity index (χ0) is 12.0. The second kappa shape index (κ2) is 6.48. The smallest absolute Gasteiger partial charge is 0.323 e. The van der Waals surface area contributed by atoms with Crippen molar-refractivity contribution in [3.63, 3.8) is 0 Å². The van der Waals surface area contributed by atoms with E-state index in [1.807, 2.05) is 0 Å². The highest BCUT2D eigenvalue weighted by molar-refractivity contribution is 5.82. The highest BCUT2D eigenvalue weighted by atomic mass is 16.5. The number of carboxylic acid groups (broad SMARTS) is 1. The molecule has 5 heteroatoms. The number of carboxylic acids is 1. The molecule has 0 radical (unpaired) electrons. The monoisotopic (exact) mass is 229 g/mol. The van der Waals surface area contributed by atoms with Gasteiger partial charge in [-0.15, -0.1) is 0 Å². The third-order valence-electron chi connectivity index (χ3n) is 2.91. The Bertz CT molecular complexity index is 248. The number of nitrogens with zero attached hydrogens (tertiary/aromatic N) is 1. The van der Waals surface area contributed by atoms with E-state index < -0.39 is 5.97 Å². The SMILES string of the molecule is COCC(=O)N(CC(=O)O)C1CCCCC1. The normalized spacial score (nSPS) is 17.1. The lowest BCUT2D eigenvalue weighted by atomic mass is 9.94. The van der Waals surface area contributed by atoms with Crippen molar-refractivity contribution in [1.82, 2.24) is 4.90 Å². The fraction of sp³-hybridized carbons (Fsp3) is 0.818. The summed E-state index contributed by atoms with van der Waals surface area (Å²) in [5.74, 6) is -1.19. The maximum absolute atomic E-state index is 11.7. The third-order valence-corrected chi connectivity index (χ3v) is 2.91. The van der Waals surface area contributed by atoms with E-state index in [2.05, 4.69) is 0 Å². The second-order valence-electron chi connectivity index (χ2n) is 4.14. The fourth-order valence-corrected chi connectivity index (χ4v) is 2.17. The molecule has 1 fully saturated rings. The van der Waals surface area contributed by atoms with E-state index in [1.54, 1.807) is 0 Å². The molecule has 1 aliphatic rings. The van der Waals surface area contributed by atoms with Crippen LogP contribution >= 0.6 is 0 Å². The molecule has 0 aliphatic heterocycles. The molecular weight excluding hydrogens is 210 g/mol. The fourth-order valence-electron chi connectivity index (χ4n) is 2.17. The van der Waals surface area contributed by atoms with Gasteiger partial charge in [-0.3, -0.25) is 9.59 Å². The lowest BCUT2D eigenvalue weighted by Gasteiger charge is -2.33. The van der Waals surface area contributed by atoms with Crippen LogP contribution in [0.4, 0.5) is 0 Å². The predicted octanol–water partition coefficient (Wildman–Crippen LogP) is 0.879. The lowest BCUT2D eigenvalue weighted by molar-refractivity contribution is -0.148. The zero-order valence-corrected chi connectivity index (χ0v) is 9.65. The van der Waals surface area contributed by atoms with Crippen molar-refractivity contribution in [2.75, 3.05) is 20.3 Å². The quantitative estimate of drug-likeness (QED) is 0.760. The van der Waals surface area contributed by atoms with Crippen LogP contribution in [0.5, 0.6) is 0 Å². The van der Waals surface area contributed by atoms with E-state index in [1.165, 1.54) is 18.4 Å². The summed E-state index contributed by atoms with van der Waals surface area (Å²) in [6.07, 6.45) is 5.13. The third kappa shape index (κ3) is 3.81. The summed E-state index contributed by atoms with van der Waals surface area (Å²) in [4.78, 5) is 23.9. The Kier molecular flexibility index (Phi) is 5.25. The Balaban J connectivity index is 2.60. The molecule has 0 aromatic rings. The molecule has 16 heavy (non-hydrogen) atoms. The maximum Gasteiger partial charge on any atom is 0.323 e. The number of carbonyl (C=O) groups is 2. The average molecular weight is 229 g/mol. The number of rotatable bonds is 5. The van der Waals surface area contributed by atoms with E-state index in [4.69, 9.17) is 9.84 Å². The maximum atomic E-state index is 11.7. The van der Waals surface area contributed by atoms with Gasteiger partial charge in [0.1, 0.15) is 13.2 Å². The molecule has 0 unspecified atom stereocenters. The van der Waals surface area contributed by atoms with Gasteiger partial charge in [0.25, 0.3) is 0 Å². The minimum atomic E-state index is -0.963. The largest absolute Gasteiger partial charge is 0.480 e. The topological polar surface area (TPSA) is 66.8 Å². The van der Waals surface area contributed by atoms with Gasteiger partial charge in [0.2, 0.25) is 5.91 Å². The first-order valence-electron chi connectivity index (χ1n) is 5.65. The van der Waals surface area contributed by atoms with Gasteiger partial charge in [0.15, 0.2) is 0 Å². The summed E-state index contributed by atoms with van der Waals surface area (Å²) in [6, 6.07) is 0.0764. The molecule has 92 valence electrons. The molecule has 1 amide bonds. The molecule has 5 nitrogen and oxygen atoms in total. The highest BCUT2D eigenvalue weighted by Crippen LogP contribution is 2.22. The van der Waals surface area contributed by atoms with Crippen molar-refractivity contribution in [3.8, 4) is 0 Å². The van der Waals surface area contributed by atoms with Crippen LogP contribution in [0.25, 0.3) is 0 Å². The molecule has 0 atom stereocenters. The van der Waals surface area contributed by atoms with Crippen molar-refractivity contribution < 1.29 is 19.4 Å². The number of aliphatic carboxylic acids is 1. The predicted molar refractivity (Wildman–Crippen MR) is 58.1 cm³/mol. The standard InChI is InChI=1S/C11H19NO4/c1-16-8-10(13)12(7-11(14)15)9-5-3-2-4-6-9/h9H,2-8H2,1H3,(H,14,15). The van der Waals surface area contributed by atoms with Crippen LogP contribution in [-0.2, 0) is 14.3 Å². The van der Waals surface area contributed by atoms with Crippen molar-refractivity contribution >= 4 is 11.9 Å². The number of carbonyl (C=O) groups excluding carboxylic acids is 1. The van der Waals surface area contributed by atoms with Crippen LogP contribution in [0.3, 0.4) is 0 Å². The summed E-state index contributed by atoms with van der Waals surface area (Å²) in [5.41, 5.74) is 0. The number of methoxy groups -OCH3 is 1. The molecule has 0 saturated heterocycles. The van der Waals surface area contributed by atoms with Crippen molar-refractivity contribution in [2.24, 2.45) is 0 Å². The van der Waals surface area contributed by atoms with Gasteiger partial charge in [-0.2, -0.15) is 0 Å². The number of hydrogen-bond donors (Lipinski definition) is 1. The molecule has 1 saturated carbocycles. The zero-order valence-electron chi connectivity index (χ0n) is 9.65. The molecular formula is C11H19NO4. The van der Waals surface area contributed by atoms with Crippen LogP contribution in [0, 0.1) is 0 Å². The molecule has 0 bridgehead atoms. The number of ether oxygens (including phenoxy) is 1. The Hall–Kier alpha value is -1.10. The second-order valence-corrected chi connectivity index (χ2v) is 4.14.